The van der Waals surface area contributed by atoms with Gasteiger partial charge in [0.25, 0.3) is 0 Å². The molecule has 1 saturated carbocycles. The molecule has 2 aromatic rings. The van der Waals surface area contributed by atoms with E-state index >= 15 is 0 Å². The minimum atomic E-state index is -3.43. The number of amides is 3. The zero-order chi connectivity index (χ0) is 24.1. The van der Waals surface area contributed by atoms with Crippen LogP contribution < -0.4 is 10.6 Å². The molecule has 1 saturated heterocycles. The quantitative estimate of drug-likeness (QED) is 0.595. The Kier molecular flexibility index (Phi) is 7.82. The van der Waals surface area contributed by atoms with E-state index in [1.807, 2.05) is 6.92 Å². The van der Waals surface area contributed by atoms with Crippen LogP contribution in [0.2, 0.25) is 0 Å². The lowest BCUT2D eigenvalue weighted by Crippen LogP contribution is -2.50. The highest BCUT2D eigenvalue weighted by Gasteiger charge is 2.35. The number of urea groups is 1. The van der Waals surface area contributed by atoms with Gasteiger partial charge >= 0.3 is 6.03 Å². The highest BCUT2D eigenvalue weighted by Crippen LogP contribution is 2.23. The molecule has 11 heteroatoms. The Hall–Kier alpha value is -2.53. The Bertz CT molecular complexity index is 1110. The second-order valence-corrected chi connectivity index (χ2v) is 12.2. The van der Waals surface area contributed by atoms with E-state index in [-0.39, 0.29) is 35.0 Å². The Morgan fingerprint density at radius 3 is 2.53 bits per heavy atom. The summed E-state index contributed by atoms with van der Waals surface area (Å²) in [7, 11) is -3.43. The van der Waals surface area contributed by atoms with Gasteiger partial charge in [0.15, 0.2) is 9.84 Å². The smallest absolute Gasteiger partial charge is 0.318 e. The summed E-state index contributed by atoms with van der Waals surface area (Å²) in [6.07, 6.45) is 7.03. The molecule has 34 heavy (non-hydrogen) atoms. The Morgan fingerprint density at radius 1 is 1.06 bits per heavy atom. The zero-order valence-electron chi connectivity index (χ0n) is 19.3. The SMILES string of the molecule is Cc1ccc(S(=O)(=O)CCc2nnc(NC(=O)[C@@H]3CCCN3C(=O)NC3CCCCC3)s2)cc1. The normalized spacial score (nSPS) is 19.2. The van der Waals surface area contributed by atoms with E-state index in [4.69, 9.17) is 0 Å². The van der Waals surface area contributed by atoms with E-state index in [9.17, 15) is 18.0 Å². The summed E-state index contributed by atoms with van der Waals surface area (Å²) < 4.78 is 25.1. The molecule has 9 nitrogen and oxygen atoms in total. The molecule has 2 aliphatic rings. The van der Waals surface area contributed by atoms with Crippen LogP contribution in [-0.4, -0.2) is 59.8 Å². The highest BCUT2D eigenvalue weighted by molar-refractivity contribution is 7.91. The molecule has 0 unspecified atom stereocenters. The van der Waals surface area contributed by atoms with Crippen molar-refractivity contribution in [3.8, 4) is 0 Å². The Balaban J connectivity index is 1.30. The minimum Gasteiger partial charge on any atom is -0.335 e. The topological polar surface area (TPSA) is 121 Å². The predicted molar refractivity (Wildman–Crippen MR) is 131 cm³/mol. The summed E-state index contributed by atoms with van der Waals surface area (Å²) in [6.45, 7) is 2.45. The molecule has 0 bridgehead atoms. The van der Waals surface area contributed by atoms with Gasteiger partial charge in [0, 0.05) is 19.0 Å². The number of carbonyl (C=O) groups excluding carboxylic acids is 2. The van der Waals surface area contributed by atoms with Gasteiger partial charge in [-0.15, -0.1) is 10.2 Å². The Morgan fingerprint density at radius 2 is 1.79 bits per heavy atom. The first-order valence-corrected chi connectivity index (χ1v) is 14.3. The third-order valence-electron chi connectivity index (χ3n) is 6.41. The second-order valence-electron chi connectivity index (χ2n) is 9.01. The van der Waals surface area contributed by atoms with Crippen LogP contribution in [0.25, 0.3) is 0 Å². The molecule has 1 atom stereocenters. The lowest BCUT2D eigenvalue weighted by Gasteiger charge is -2.28. The summed E-state index contributed by atoms with van der Waals surface area (Å²) in [6, 6.07) is 6.22. The van der Waals surface area contributed by atoms with E-state index in [0.717, 1.165) is 49.0 Å². The molecule has 1 aliphatic heterocycles. The molecule has 184 valence electrons. The van der Waals surface area contributed by atoms with Crippen molar-refractivity contribution in [2.75, 3.05) is 17.6 Å². The molecule has 1 aliphatic carbocycles. The lowest BCUT2D eigenvalue weighted by atomic mass is 9.96. The molecular weight excluding hydrogens is 474 g/mol. The van der Waals surface area contributed by atoms with Gasteiger partial charge in [0.2, 0.25) is 11.0 Å². The summed E-state index contributed by atoms with van der Waals surface area (Å²) in [4.78, 5) is 27.5. The van der Waals surface area contributed by atoms with Gasteiger partial charge in [-0.05, 0) is 44.7 Å². The first-order chi connectivity index (χ1) is 16.3. The van der Waals surface area contributed by atoms with Crippen LogP contribution in [0, 0.1) is 6.92 Å². The molecule has 2 fully saturated rings. The maximum atomic E-state index is 12.9. The monoisotopic (exact) mass is 505 g/mol. The third kappa shape index (κ3) is 6.12. The molecular formula is C23H31N5O4S2. The number of aromatic nitrogens is 2. The van der Waals surface area contributed by atoms with E-state index < -0.39 is 15.9 Å². The Labute approximate surface area is 204 Å². The summed E-state index contributed by atoms with van der Waals surface area (Å²) in [5.74, 6) is -0.373. The fourth-order valence-electron chi connectivity index (χ4n) is 4.47. The number of anilines is 1. The van der Waals surface area contributed by atoms with E-state index in [2.05, 4.69) is 20.8 Å². The van der Waals surface area contributed by atoms with Crippen LogP contribution in [0.1, 0.15) is 55.5 Å². The number of likely N-dealkylation sites (tertiary alicyclic amines) is 1. The number of rotatable bonds is 7. The van der Waals surface area contributed by atoms with Crippen LogP contribution >= 0.6 is 11.3 Å². The van der Waals surface area contributed by atoms with Crippen molar-refractivity contribution in [2.24, 2.45) is 0 Å². The molecule has 2 N–H and O–H groups in total. The number of hydrogen-bond donors (Lipinski definition) is 2. The number of benzene rings is 1. The van der Waals surface area contributed by atoms with Crippen LogP contribution in [-0.2, 0) is 21.1 Å². The van der Waals surface area contributed by atoms with E-state index in [0.29, 0.717) is 23.1 Å². The van der Waals surface area contributed by atoms with Gasteiger partial charge in [0.05, 0.1) is 10.6 Å². The molecule has 2 heterocycles. The summed E-state index contributed by atoms with van der Waals surface area (Å²) in [5.41, 5.74) is 0.996. The number of sulfone groups is 1. The number of aryl methyl sites for hydroxylation is 2. The first-order valence-electron chi connectivity index (χ1n) is 11.8. The van der Waals surface area contributed by atoms with Gasteiger partial charge in [-0.3, -0.25) is 10.1 Å². The van der Waals surface area contributed by atoms with Crippen LogP contribution in [0.4, 0.5) is 9.93 Å². The largest absolute Gasteiger partial charge is 0.335 e. The van der Waals surface area contributed by atoms with Crippen molar-refractivity contribution in [1.29, 1.82) is 0 Å². The third-order valence-corrected chi connectivity index (χ3v) is 9.04. The number of nitrogens with one attached hydrogen (secondary N) is 2. The average molecular weight is 506 g/mol. The highest BCUT2D eigenvalue weighted by atomic mass is 32.2. The minimum absolute atomic E-state index is 0.0869. The summed E-state index contributed by atoms with van der Waals surface area (Å²) in [5, 5.41) is 14.7. The first kappa shape index (κ1) is 24.6. The van der Waals surface area contributed by atoms with E-state index in [1.165, 1.54) is 6.42 Å². The zero-order valence-corrected chi connectivity index (χ0v) is 21.0. The van der Waals surface area contributed by atoms with Gasteiger partial charge < -0.3 is 10.2 Å². The number of nitrogens with zero attached hydrogens (tertiary/aromatic N) is 3. The fourth-order valence-corrected chi connectivity index (χ4v) is 6.59. The number of hydrogen-bond acceptors (Lipinski definition) is 7. The van der Waals surface area contributed by atoms with Crippen molar-refractivity contribution < 1.29 is 18.0 Å². The second kappa shape index (κ2) is 10.8. The molecule has 0 radical (unpaired) electrons. The maximum absolute atomic E-state index is 12.9. The number of carbonyl (C=O) groups is 2. The standard InChI is InChI=1S/C23H31N5O4S2/c1-16-9-11-18(12-10-16)34(31,32)15-13-20-26-27-22(33-20)25-21(29)19-8-5-14-28(19)23(30)24-17-6-3-2-4-7-17/h9-12,17,19H,2-8,13-15H2,1H3,(H,24,30)(H,25,27,29)/t19-/m0/s1. The maximum Gasteiger partial charge on any atom is 0.318 e. The van der Waals surface area contributed by atoms with Gasteiger partial charge in [-0.2, -0.15) is 0 Å². The van der Waals surface area contributed by atoms with Crippen molar-refractivity contribution >= 4 is 38.2 Å². The molecule has 0 spiro atoms. The molecule has 1 aromatic carbocycles. The summed E-state index contributed by atoms with van der Waals surface area (Å²) >= 11 is 1.16. The van der Waals surface area contributed by atoms with E-state index in [1.54, 1.807) is 29.2 Å². The van der Waals surface area contributed by atoms with Crippen LogP contribution in [0.3, 0.4) is 0 Å². The van der Waals surface area contributed by atoms with Crippen LogP contribution in [0.15, 0.2) is 29.2 Å². The lowest BCUT2D eigenvalue weighted by molar-refractivity contribution is -0.119. The van der Waals surface area contributed by atoms with Gasteiger partial charge in [-0.1, -0.05) is 48.3 Å². The van der Waals surface area contributed by atoms with Crippen molar-refractivity contribution in [3.05, 3.63) is 34.8 Å². The van der Waals surface area contributed by atoms with Gasteiger partial charge in [0.1, 0.15) is 11.0 Å². The van der Waals surface area contributed by atoms with Crippen molar-refractivity contribution in [2.45, 2.75) is 75.3 Å². The molecule has 4 rings (SSSR count). The van der Waals surface area contributed by atoms with Crippen molar-refractivity contribution in [3.63, 3.8) is 0 Å². The molecule has 3 amide bonds. The van der Waals surface area contributed by atoms with Crippen LogP contribution in [0.5, 0.6) is 0 Å². The average Bonchev–Trinajstić information content (AvgIpc) is 3.49. The fraction of sp³-hybridized carbons (Fsp3) is 0.565. The van der Waals surface area contributed by atoms with Gasteiger partial charge in [-0.25, -0.2) is 13.2 Å². The van der Waals surface area contributed by atoms with Crippen molar-refractivity contribution in [1.82, 2.24) is 20.4 Å². The predicted octanol–water partition coefficient (Wildman–Crippen LogP) is 3.31. The molecule has 1 aromatic heterocycles.